The monoisotopic (exact) mass is 707 g/mol. The molecule has 0 aliphatic carbocycles. The van der Waals surface area contributed by atoms with Crippen LogP contribution in [0.5, 0.6) is 11.5 Å². The molecule has 0 amide bonds. The number of esters is 1. The summed E-state index contributed by atoms with van der Waals surface area (Å²) in [4.78, 5) is 33.8. The molecule has 11 heteroatoms. The summed E-state index contributed by atoms with van der Waals surface area (Å²) in [7, 11) is 0. The van der Waals surface area contributed by atoms with Crippen LogP contribution in [0.3, 0.4) is 0 Å². The van der Waals surface area contributed by atoms with Crippen LogP contribution in [-0.4, -0.2) is 28.5 Å². The van der Waals surface area contributed by atoms with Crippen molar-refractivity contribution in [1.82, 2.24) is 9.13 Å². The molecule has 4 aromatic carbocycles. The smallest absolute Gasteiger partial charge is 0.338 e. The summed E-state index contributed by atoms with van der Waals surface area (Å²) in [5.41, 5.74) is 4.60. The third-order valence-corrected chi connectivity index (χ3v) is 10.1. The molecule has 0 fully saturated rings. The molecule has 0 spiro atoms. The van der Waals surface area contributed by atoms with Crippen molar-refractivity contribution in [2.45, 2.75) is 19.5 Å². The summed E-state index contributed by atoms with van der Waals surface area (Å²) in [6.07, 6.45) is 3.90. The van der Waals surface area contributed by atoms with Gasteiger partial charge in [-0.2, -0.15) is 0 Å². The van der Waals surface area contributed by atoms with E-state index in [1.165, 1.54) is 11.3 Å². The van der Waals surface area contributed by atoms with Crippen LogP contribution in [0, 0.1) is 0 Å². The molecule has 2 aliphatic rings. The second-order valence-electron chi connectivity index (χ2n) is 11.5. The van der Waals surface area contributed by atoms with E-state index in [0.717, 1.165) is 27.6 Å². The number of carbonyl (C=O) groups excluding carboxylic acids is 1. The molecule has 8 rings (SSSR count). The fourth-order valence-electron chi connectivity index (χ4n) is 6.33. The Bertz CT molecular complexity index is 2500. The molecule has 1 atom stereocenters. The second-order valence-corrected chi connectivity index (χ2v) is 13.4. The number of fused-ring (bicyclic) bond motifs is 3. The molecular weight excluding hydrogens is 681 g/mol. The van der Waals surface area contributed by atoms with Gasteiger partial charge in [-0.05, 0) is 54.5 Å². The maximum absolute atomic E-state index is 14.5. The SMILES string of the molecule is CCOC(=O)C1=C(c2ccccc2)N=c2s/c(=C/c3cn(Cc4ccc(Cl)cc4Cl)c4ccccc34)c(=O)n2[C@@H]1c1ccc2c(c1)OCO2. The Morgan fingerprint density at radius 3 is 2.61 bits per heavy atom. The maximum Gasteiger partial charge on any atom is 0.338 e. The van der Waals surface area contributed by atoms with Crippen molar-refractivity contribution in [2.75, 3.05) is 13.4 Å². The normalized spacial score (nSPS) is 15.4. The van der Waals surface area contributed by atoms with Crippen LogP contribution >= 0.6 is 34.5 Å². The standard InChI is InChI=1S/C38H27Cl2N3O5S/c1-2-46-37(45)33-34(22-8-4-3-5-9-22)41-38-43(35(33)23-13-15-30-31(16-23)48-21-47-30)36(44)32(49-38)17-25-20-42(29-11-7-6-10-27(25)29)19-24-12-14-26(39)18-28(24)40/h3-18,20,35H,2,19,21H2,1H3/b32-17+/t35-/m1/s1. The molecule has 0 saturated carbocycles. The third kappa shape index (κ3) is 5.63. The number of thiazole rings is 1. The predicted molar refractivity (Wildman–Crippen MR) is 191 cm³/mol. The summed E-state index contributed by atoms with van der Waals surface area (Å²) in [5, 5.41) is 2.13. The van der Waals surface area contributed by atoms with E-state index >= 15 is 0 Å². The Morgan fingerprint density at radius 2 is 1.80 bits per heavy atom. The maximum atomic E-state index is 14.5. The molecule has 6 aromatic rings. The van der Waals surface area contributed by atoms with Gasteiger partial charge in [0.05, 0.1) is 28.5 Å². The Morgan fingerprint density at radius 1 is 1.00 bits per heavy atom. The molecule has 0 bridgehead atoms. The molecule has 0 unspecified atom stereocenters. The van der Waals surface area contributed by atoms with E-state index in [0.29, 0.717) is 48.7 Å². The number of hydrogen-bond donors (Lipinski definition) is 0. The number of ether oxygens (including phenoxy) is 3. The quantitative estimate of drug-likeness (QED) is 0.167. The number of benzene rings is 4. The zero-order chi connectivity index (χ0) is 33.6. The molecule has 49 heavy (non-hydrogen) atoms. The summed E-state index contributed by atoms with van der Waals surface area (Å²) in [6.45, 7) is 2.52. The first-order chi connectivity index (χ1) is 23.9. The van der Waals surface area contributed by atoms with E-state index in [-0.39, 0.29) is 24.5 Å². The first-order valence-corrected chi connectivity index (χ1v) is 17.2. The lowest BCUT2D eigenvalue weighted by Gasteiger charge is -2.26. The van der Waals surface area contributed by atoms with Gasteiger partial charge in [-0.1, -0.05) is 95.2 Å². The van der Waals surface area contributed by atoms with Crippen molar-refractivity contribution in [1.29, 1.82) is 0 Å². The first kappa shape index (κ1) is 31.2. The molecule has 2 aliphatic heterocycles. The van der Waals surface area contributed by atoms with Gasteiger partial charge in [-0.3, -0.25) is 9.36 Å². The van der Waals surface area contributed by atoms with E-state index < -0.39 is 12.0 Å². The van der Waals surface area contributed by atoms with E-state index in [2.05, 4.69) is 4.57 Å². The molecule has 0 saturated heterocycles. The second kappa shape index (κ2) is 12.7. The lowest BCUT2D eigenvalue weighted by Crippen LogP contribution is -2.40. The van der Waals surface area contributed by atoms with Crippen molar-refractivity contribution in [2.24, 2.45) is 4.99 Å². The van der Waals surface area contributed by atoms with E-state index in [1.807, 2.05) is 91.1 Å². The van der Waals surface area contributed by atoms with Crippen LogP contribution in [0.15, 0.2) is 113 Å². The van der Waals surface area contributed by atoms with Gasteiger partial charge < -0.3 is 18.8 Å². The van der Waals surface area contributed by atoms with Gasteiger partial charge in [0.2, 0.25) is 6.79 Å². The lowest BCUT2D eigenvalue weighted by atomic mass is 9.93. The molecule has 0 radical (unpaired) electrons. The van der Waals surface area contributed by atoms with Crippen molar-refractivity contribution in [3.8, 4) is 11.5 Å². The molecule has 2 aromatic heterocycles. The van der Waals surface area contributed by atoms with Crippen molar-refractivity contribution < 1.29 is 19.0 Å². The minimum atomic E-state index is -0.837. The van der Waals surface area contributed by atoms with Crippen LogP contribution in [0.25, 0.3) is 22.7 Å². The zero-order valence-corrected chi connectivity index (χ0v) is 28.4. The highest BCUT2D eigenvalue weighted by Gasteiger charge is 2.36. The van der Waals surface area contributed by atoms with Gasteiger partial charge in [0.25, 0.3) is 5.56 Å². The van der Waals surface area contributed by atoms with Gasteiger partial charge in [-0.25, -0.2) is 9.79 Å². The number of para-hydroxylation sites is 1. The Kier molecular flexibility index (Phi) is 8.11. The number of aromatic nitrogens is 2. The fourth-order valence-corrected chi connectivity index (χ4v) is 7.79. The van der Waals surface area contributed by atoms with Crippen LogP contribution in [0.1, 0.15) is 35.2 Å². The van der Waals surface area contributed by atoms with Crippen molar-refractivity contribution in [3.05, 3.63) is 155 Å². The Hall–Kier alpha value is -5.09. The number of nitrogens with zero attached hydrogens (tertiary/aromatic N) is 3. The molecule has 244 valence electrons. The lowest BCUT2D eigenvalue weighted by molar-refractivity contribution is -0.138. The third-order valence-electron chi connectivity index (χ3n) is 8.55. The van der Waals surface area contributed by atoms with Crippen molar-refractivity contribution >= 4 is 63.2 Å². The summed E-state index contributed by atoms with van der Waals surface area (Å²) in [5.74, 6) is 0.582. The average molecular weight is 709 g/mol. The fraction of sp³-hybridized carbons (Fsp3) is 0.132. The minimum Gasteiger partial charge on any atom is -0.463 e. The highest BCUT2D eigenvalue weighted by atomic mass is 35.5. The molecular formula is C38H27Cl2N3O5S. The number of rotatable bonds is 7. The van der Waals surface area contributed by atoms with Gasteiger partial charge in [0.15, 0.2) is 16.3 Å². The van der Waals surface area contributed by atoms with Crippen LogP contribution in [0.2, 0.25) is 10.0 Å². The Balaban J connectivity index is 1.34. The van der Waals surface area contributed by atoms with Crippen molar-refractivity contribution in [3.63, 3.8) is 0 Å². The van der Waals surface area contributed by atoms with Gasteiger partial charge in [-0.15, -0.1) is 0 Å². The number of halogens is 2. The highest BCUT2D eigenvalue weighted by molar-refractivity contribution is 7.07. The largest absolute Gasteiger partial charge is 0.463 e. The highest BCUT2D eigenvalue weighted by Crippen LogP contribution is 2.40. The van der Waals surface area contributed by atoms with E-state index in [4.69, 9.17) is 42.4 Å². The first-order valence-electron chi connectivity index (χ1n) is 15.6. The van der Waals surface area contributed by atoms with Gasteiger partial charge >= 0.3 is 5.97 Å². The van der Waals surface area contributed by atoms with Gasteiger partial charge in [0, 0.05) is 44.8 Å². The zero-order valence-electron chi connectivity index (χ0n) is 26.1. The van der Waals surface area contributed by atoms with Crippen LogP contribution < -0.4 is 24.4 Å². The summed E-state index contributed by atoms with van der Waals surface area (Å²) in [6, 6.07) is 27.6. The molecule has 0 N–H and O–H groups in total. The summed E-state index contributed by atoms with van der Waals surface area (Å²) >= 11 is 14.0. The number of hydrogen-bond acceptors (Lipinski definition) is 7. The van der Waals surface area contributed by atoms with Gasteiger partial charge in [0.1, 0.15) is 0 Å². The van der Waals surface area contributed by atoms with Crippen LogP contribution in [0.4, 0.5) is 0 Å². The predicted octanol–water partition coefficient (Wildman–Crippen LogP) is 6.97. The molecule has 8 nitrogen and oxygen atoms in total. The topological polar surface area (TPSA) is 84.1 Å². The minimum absolute atomic E-state index is 0.0925. The van der Waals surface area contributed by atoms with E-state index in [9.17, 15) is 9.59 Å². The summed E-state index contributed by atoms with van der Waals surface area (Å²) < 4.78 is 21.0. The van der Waals surface area contributed by atoms with Crippen LogP contribution in [-0.2, 0) is 16.1 Å². The molecule has 4 heterocycles. The number of carbonyl (C=O) groups is 1. The van der Waals surface area contributed by atoms with E-state index in [1.54, 1.807) is 23.6 Å². The average Bonchev–Trinajstić information content (AvgIpc) is 3.81. The Labute approximate surface area is 294 Å².